The number of nitrogens with one attached hydrogen (secondary N) is 1. The van der Waals surface area contributed by atoms with Crippen LogP contribution in [0.4, 0.5) is 0 Å². The summed E-state index contributed by atoms with van der Waals surface area (Å²) >= 11 is 9.28. The van der Waals surface area contributed by atoms with Crippen molar-refractivity contribution >= 4 is 27.5 Å². The van der Waals surface area contributed by atoms with Crippen molar-refractivity contribution in [1.29, 1.82) is 0 Å². The normalized spacial score (nSPS) is 12.8. The van der Waals surface area contributed by atoms with Crippen molar-refractivity contribution < 1.29 is 0 Å². The third-order valence-corrected chi connectivity index (χ3v) is 2.65. The smallest absolute Gasteiger partial charge is 0.0319 e. The largest absolute Gasteiger partial charge is 0.313 e. The molecular weight excluding hydrogens is 261 g/mol. The second kappa shape index (κ2) is 6.44. The van der Waals surface area contributed by atoms with Gasteiger partial charge in [0.15, 0.2) is 0 Å². The fraction of sp³-hybridized carbons (Fsp3) is 0.455. The van der Waals surface area contributed by atoms with Crippen LogP contribution in [0.5, 0.6) is 0 Å². The molecule has 1 nitrogen and oxygen atoms in total. The lowest BCUT2D eigenvalue weighted by atomic mass is 10.2. The maximum Gasteiger partial charge on any atom is 0.0319 e. The van der Waals surface area contributed by atoms with Crippen molar-refractivity contribution in [1.82, 2.24) is 5.32 Å². The fourth-order valence-electron chi connectivity index (χ4n) is 1.18. The molecule has 0 radical (unpaired) electrons. The van der Waals surface area contributed by atoms with E-state index in [0.717, 1.165) is 24.0 Å². The summed E-state index contributed by atoms with van der Waals surface area (Å²) in [7, 11) is 0. The zero-order chi connectivity index (χ0) is 10.4. The zero-order valence-corrected chi connectivity index (χ0v) is 10.6. The van der Waals surface area contributed by atoms with Crippen molar-refractivity contribution in [2.75, 3.05) is 6.54 Å². The van der Waals surface area contributed by atoms with Crippen LogP contribution in [-0.4, -0.2) is 11.9 Å². The molecule has 3 heteroatoms. The first-order valence-corrected chi connectivity index (χ1v) is 6.00. The van der Waals surface area contributed by atoms with E-state index < -0.39 is 0 Å². The molecule has 0 saturated heterocycles. The lowest BCUT2D eigenvalue weighted by Crippen LogP contribution is -2.16. The third-order valence-electron chi connectivity index (χ3n) is 1.94. The summed E-state index contributed by atoms with van der Waals surface area (Å²) in [5.74, 6) is 0. The summed E-state index contributed by atoms with van der Waals surface area (Å²) in [4.78, 5) is 0. The lowest BCUT2D eigenvalue weighted by molar-refractivity contribution is 0.645. The number of rotatable bonds is 5. The quantitative estimate of drug-likeness (QED) is 0.640. The Hall–Kier alpha value is -0.0500. The molecule has 0 aliphatic carbocycles. The van der Waals surface area contributed by atoms with Gasteiger partial charge in [0.1, 0.15) is 0 Å². The van der Waals surface area contributed by atoms with Crippen LogP contribution in [0.25, 0.3) is 0 Å². The Bertz CT molecular complexity index is 276. The molecular formula is C11H15BrClN. The first-order valence-electron chi connectivity index (χ1n) is 4.77. The molecule has 0 bridgehead atoms. The minimum atomic E-state index is 0.255. The molecule has 0 fully saturated rings. The van der Waals surface area contributed by atoms with E-state index in [1.807, 2.05) is 19.1 Å². The molecule has 1 rings (SSSR count). The zero-order valence-electron chi connectivity index (χ0n) is 8.26. The monoisotopic (exact) mass is 275 g/mol. The predicted octanol–water partition coefficient (Wildman–Crippen LogP) is 3.56. The van der Waals surface area contributed by atoms with Gasteiger partial charge in [-0.05, 0) is 37.6 Å². The van der Waals surface area contributed by atoms with Crippen LogP contribution < -0.4 is 5.32 Å². The minimum Gasteiger partial charge on any atom is -0.313 e. The highest BCUT2D eigenvalue weighted by Gasteiger charge is 1.96. The van der Waals surface area contributed by atoms with Crippen LogP contribution in [0.3, 0.4) is 0 Å². The number of halogens is 2. The van der Waals surface area contributed by atoms with Crippen LogP contribution in [0.15, 0.2) is 28.7 Å². The van der Waals surface area contributed by atoms with Gasteiger partial charge < -0.3 is 5.32 Å². The van der Waals surface area contributed by atoms with Crippen molar-refractivity contribution in [3.8, 4) is 0 Å². The summed E-state index contributed by atoms with van der Waals surface area (Å²) in [5, 5.41) is 3.61. The highest BCUT2D eigenvalue weighted by Crippen LogP contribution is 2.11. The highest BCUT2D eigenvalue weighted by atomic mass is 79.9. The number of hydrogen-bond acceptors (Lipinski definition) is 1. The van der Waals surface area contributed by atoms with Gasteiger partial charge >= 0.3 is 0 Å². The molecule has 0 heterocycles. The molecule has 0 aromatic heterocycles. The third kappa shape index (κ3) is 4.99. The summed E-state index contributed by atoms with van der Waals surface area (Å²) in [6.45, 7) is 3.89. The van der Waals surface area contributed by atoms with E-state index in [1.54, 1.807) is 0 Å². The van der Waals surface area contributed by atoms with Crippen LogP contribution in [-0.2, 0) is 6.54 Å². The maximum absolute atomic E-state index is 5.84. The minimum absolute atomic E-state index is 0.255. The first-order chi connectivity index (χ1) is 6.68. The molecule has 0 spiro atoms. The fourth-order valence-corrected chi connectivity index (χ4v) is 1.74. The standard InChI is InChI=1S/C11H15BrClN/c1-9(13)5-6-14-8-10-3-2-4-11(12)7-10/h2-4,7,9,14H,5-6,8H2,1H3. The van der Waals surface area contributed by atoms with Gasteiger partial charge in [-0.3, -0.25) is 0 Å². The molecule has 1 atom stereocenters. The topological polar surface area (TPSA) is 12.0 Å². The molecule has 1 unspecified atom stereocenters. The van der Waals surface area contributed by atoms with E-state index in [4.69, 9.17) is 11.6 Å². The van der Waals surface area contributed by atoms with Crippen molar-refractivity contribution in [2.45, 2.75) is 25.3 Å². The SMILES string of the molecule is CC(Cl)CCNCc1cccc(Br)c1. The van der Waals surface area contributed by atoms with E-state index in [1.165, 1.54) is 5.56 Å². The average Bonchev–Trinajstić information content (AvgIpc) is 2.12. The van der Waals surface area contributed by atoms with Gasteiger partial charge in [-0.1, -0.05) is 28.1 Å². The van der Waals surface area contributed by atoms with Gasteiger partial charge in [0.05, 0.1) is 0 Å². The van der Waals surface area contributed by atoms with Crippen LogP contribution in [0.1, 0.15) is 18.9 Å². The summed E-state index contributed by atoms with van der Waals surface area (Å²) < 4.78 is 1.13. The van der Waals surface area contributed by atoms with E-state index in [2.05, 4.69) is 33.4 Å². The van der Waals surface area contributed by atoms with E-state index >= 15 is 0 Å². The Morgan fingerprint density at radius 3 is 2.93 bits per heavy atom. The van der Waals surface area contributed by atoms with E-state index in [9.17, 15) is 0 Å². The van der Waals surface area contributed by atoms with Crippen LogP contribution in [0.2, 0.25) is 0 Å². The van der Waals surface area contributed by atoms with Crippen molar-refractivity contribution in [3.63, 3.8) is 0 Å². The molecule has 0 amide bonds. The van der Waals surface area contributed by atoms with Crippen LogP contribution >= 0.6 is 27.5 Å². The molecule has 0 saturated carbocycles. The van der Waals surface area contributed by atoms with Gasteiger partial charge in [0.25, 0.3) is 0 Å². The van der Waals surface area contributed by atoms with Gasteiger partial charge in [0.2, 0.25) is 0 Å². The second-order valence-electron chi connectivity index (χ2n) is 3.38. The van der Waals surface area contributed by atoms with Gasteiger partial charge in [-0.15, -0.1) is 11.6 Å². The van der Waals surface area contributed by atoms with Gasteiger partial charge in [0, 0.05) is 16.4 Å². The van der Waals surface area contributed by atoms with E-state index in [-0.39, 0.29) is 5.38 Å². The summed E-state index contributed by atoms with van der Waals surface area (Å²) in [6, 6.07) is 8.31. The first kappa shape index (κ1) is 12.0. The molecule has 1 aromatic rings. The average molecular weight is 277 g/mol. The molecule has 14 heavy (non-hydrogen) atoms. The summed E-state index contributed by atoms with van der Waals surface area (Å²) in [5.41, 5.74) is 1.29. The molecule has 0 aliphatic rings. The molecule has 78 valence electrons. The van der Waals surface area contributed by atoms with Crippen molar-refractivity contribution in [3.05, 3.63) is 34.3 Å². The Kier molecular flexibility index (Phi) is 5.53. The van der Waals surface area contributed by atoms with Gasteiger partial charge in [-0.2, -0.15) is 0 Å². The Labute approximate surface area is 99.0 Å². The molecule has 1 N–H and O–H groups in total. The van der Waals surface area contributed by atoms with Gasteiger partial charge in [-0.25, -0.2) is 0 Å². The molecule has 0 aliphatic heterocycles. The Morgan fingerprint density at radius 2 is 2.29 bits per heavy atom. The number of alkyl halides is 1. The highest BCUT2D eigenvalue weighted by molar-refractivity contribution is 9.10. The van der Waals surface area contributed by atoms with Crippen LogP contribution in [0, 0.1) is 0 Å². The summed E-state index contributed by atoms with van der Waals surface area (Å²) in [6.07, 6.45) is 1.01. The maximum atomic E-state index is 5.84. The number of benzene rings is 1. The predicted molar refractivity (Wildman–Crippen MR) is 65.8 cm³/mol. The number of hydrogen-bond donors (Lipinski definition) is 1. The Morgan fingerprint density at radius 1 is 1.50 bits per heavy atom. The second-order valence-corrected chi connectivity index (χ2v) is 5.04. The molecule has 1 aromatic carbocycles. The lowest BCUT2D eigenvalue weighted by Gasteiger charge is -2.06. The van der Waals surface area contributed by atoms with Crippen molar-refractivity contribution in [2.24, 2.45) is 0 Å². The van der Waals surface area contributed by atoms with E-state index in [0.29, 0.717) is 0 Å². The Balaban J connectivity index is 2.25.